The lowest BCUT2D eigenvalue weighted by Gasteiger charge is -2.40. The SMILES string of the molecule is c1ccc(N2c3ccccc3B3c4c2cc(-c2ncccn2)cc4-n2c4c3cccc4c3c4ncccc4n(-c4ccccc4)c32)cc1. The van der Waals surface area contributed by atoms with Crippen molar-refractivity contribution in [2.24, 2.45) is 0 Å². The monoisotopic (exact) mass is 612 g/mol. The van der Waals surface area contributed by atoms with Crippen molar-refractivity contribution in [2.45, 2.75) is 0 Å². The summed E-state index contributed by atoms with van der Waals surface area (Å²) in [4.78, 5) is 16.9. The normalized spacial score (nSPS) is 12.9. The minimum Gasteiger partial charge on any atom is -0.311 e. The summed E-state index contributed by atoms with van der Waals surface area (Å²) >= 11 is 0. The Morgan fingerprint density at radius 3 is 2.06 bits per heavy atom. The van der Waals surface area contributed by atoms with Crippen LogP contribution in [-0.4, -0.2) is 30.8 Å². The summed E-state index contributed by atoms with van der Waals surface area (Å²) < 4.78 is 4.87. The zero-order valence-electron chi connectivity index (χ0n) is 25.7. The number of hydrogen-bond donors (Lipinski definition) is 0. The zero-order valence-corrected chi connectivity index (χ0v) is 25.7. The van der Waals surface area contributed by atoms with Crippen molar-refractivity contribution in [3.8, 4) is 22.8 Å². The largest absolute Gasteiger partial charge is 0.311 e. The molecule has 5 aromatic carbocycles. The summed E-state index contributed by atoms with van der Waals surface area (Å²) in [6.07, 6.45) is 5.55. The van der Waals surface area contributed by atoms with Crippen LogP contribution in [0, 0.1) is 0 Å². The number of pyridine rings is 1. The number of benzene rings is 5. The van der Waals surface area contributed by atoms with Gasteiger partial charge in [0, 0.05) is 58.0 Å². The molecule has 2 aliphatic rings. The van der Waals surface area contributed by atoms with Gasteiger partial charge in [-0.05, 0) is 77.1 Å². The molecule has 0 aliphatic carbocycles. The maximum absolute atomic E-state index is 5.02. The molecule has 222 valence electrons. The fraction of sp³-hybridized carbons (Fsp3) is 0. The molecule has 6 nitrogen and oxygen atoms in total. The molecule has 4 aromatic heterocycles. The van der Waals surface area contributed by atoms with Crippen molar-refractivity contribution in [2.75, 3.05) is 4.90 Å². The molecule has 7 heteroatoms. The molecular formula is C41H25BN6. The van der Waals surface area contributed by atoms with Crippen molar-refractivity contribution in [3.63, 3.8) is 0 Å². The Morgan fingerprint density at radius 1 is 0.521 bits per heavy atom. The molecule has 6 heterocycles. The summed E-state index contributed by atoms with van der Waals surface area (Å²) in [7, 11) is 0. The van der Waals surface area contributed by atoms with Crippen molar-refractivity contribution in [1.29, 1.82) is 0 Å². The minimum atomic E-state index is 0.0384. The Labute approximate surface area is 276 Å². The van der Waals surface area contributed by atoms with Crippen molar-refractivity contribution in [1.82, 2.24) is 24.1 Å². The lowest BCUT2D eigenvalue weighted by atomic mass is 9.34. The van der Waals surface area contributed by atoms with E-state index in [1.807, 2.05) is 30.7 Å². The summed E-state index contributed by atoms with van der Waals surface area (Å²) in [5, 5.41) is 2.37. The Bertz CT molecular complexity index is 2730. The number of anilines is 3. The van der Waals surface area contributed by atoms with Crippen LogP contribution in [0.3, 0.4) is 0 Å². The zero-order chi connectivity index (χ0) is 31.3. The van der Waals surface area contributed by atoms with Gasteiger partial charge in [0.25, 0.3) is 6.71 Å². The van der Waals surface area contributed by atoms with Crippen LogP contribution >= 0.6 is 0 Å². The first-order valence-corrected chi connectivity index (χ1v) is 16.2. The number of nitrogens with zero attached hydrogens (tertiary/aromatic N) is 6. The van der Waals surface area contributed by atoms with Crippen LogP contribution < -0.4 is 21.3 Å². The Hall–Kier alpha value is -6.47. The molecule has 0 amide bonds. The molecule has 0 radical (unpaired) electrons. The van der Waals surface area contributed by atoms with Gasteiger partial charge in [-0.15, -0.1) is 0 Å². The molecule has 0 unspecified atom stereocenters. The summed E-state index contributed by atoms with van der Waals surface area (Å²) in [6.45, 7) is 0.0384. The van der Waals surface area contributed by atoms with E-state index in [4.69, 9.17) is 15.0 Å². The average Bonchev–Trinajstić information content (AvgIpc) is 3.68. The molecule has 0 spiro atoms. The maximum Gasteiger partial charge on any atom is 0.252 e. The molecule has 0 bridgehead atoms. The van der Waals surface area contributed by atoms with Crippen LogP contribution in [-0.2, 0) is 0 Å². The van der Waals surface area contributed by atoms with E-state index in [1.165, 1.54) is 33.0 Å². The fourth-order valence-corrected chi connectivity index (χ4v) is 8.25. The van der Waals surface area contributed by atoms with Gasteiger partial charge >= 0.3 is 0 Å². The van der Waals surface area contributed by atoms with Gasteiger partial charge in [-0.2, -0.15) is 0 Å². The third-order valence-corrected chi connectivity index (χ3v) is 10.0. The predicted octanol–water partition coefficient (Wildman–Crippen LogP) is 7.19. The maximum atomic E-state index is 5.02. The van der Waals surface area contributed by atoms with Gasteiger partial charge in [0.05, 0.1) is 21.9 Å². The van der Waals surface area contributed by atoms with Crippen LogP contribution in [0.4, 0.5) is 17.1 Å². The van der Waals surface area contributed by atoms with Crippen LogP contribution in [0.2, 0.25) is 0 Å². The smallest absolute Gasteiger partial charge is 0.252 e. The number of rotatable bonds is 3. The molecule has 0 saturated heterocycles. The van der Waals surface area contributed by atoms with E-state index in [0.29, 0.717) is 5.82 Å². The second kappa shape index (κ2) is 9.53. The predicted molar refractivity (Wildman–Crippen MR) is 196 cm³/mol. The molecule has 2 aliphatic heterocycles. The highest BCUT2D eigenvalue weighted by Gasteiger charge is 2.43. The van der Waals surface area contributed by atoms with E-state index in [0.717, 1.165) is 50.4 Å². The van der Waals surface area contributed by atoms with Gasteiger partial charge in [-0.3, -0.25) is 14.1 Å². The van der Waals surface area contributed by atoms with Crippen LogP contribution in [0.25, 0.3) is 55.7 Å². The second-order valence-electron chi connectivity index (χ2n) is 12.5. The van der Waals surface area contributed by atoms with Gasteiger partial charge in [0.15, 0.2) is 5.82 Å². The summed E-state index contributed by atoms with van der Waals surface area (Å²) in [5.41, 5.74) is 14.9. The van der Waals surface area contributed by atoms with Crippen LogP contribution in [0.1, 0.15) is 0 Å². The van der Waals surface area contributed by atoms with E-state index in [9.17, 15) is 0 Å². The average molecular weight is 613 g/mol. The van der Waals surface area contributed by atoms with Gasteiger partial charge in [0.2, 0.25) is 0 Å². The van der Waals surface area contributed by atoms with Gasteiger partial charge in [-0.25, -0.2) is 9.97 Å². The third-order valence-electron chi connectivity index (χ3n) is 10.0. The Kier molecular flexibility index (Phi) is 5.10. The first-order chi connectivity index (χ1) is 23.9. The van der Waals surface area contributed by atoms with E-state index < -0.39 is 0 Å². The molecule has 0 fully saturated rings. The highest BCUT2D eigenvalue weighted by atomic mass is 15.2. The van der Waals surface area contributed by atoms with Crippen molar-refractivity contribution in [3.05, 3.63) is 152 Å². The van der Waals surface area contributed by atoms with Gasteiger partial charge in [0.1, 0.15) is 5.65 Å². The van der Waals surface area contributed by atoms with Crippen molar-refractivity contribution >= 4 is 73.1 Å². The molecule has 9 aromatic rings. The summed E-state index contributed by atoms with van der Waals surface area (Å²) in [5.74, 6) is 0.698. The van der Waals surface area contributed by atoms with E-state index in [1.54, 1.807) is 0 Å². The number of hydrogen-bond acceptors (Lipinski definition) is 4. The number of fused-ring (bicyclic) bond motifs is 9. The second-order valence-corrected chi connectivity index (χ2v) is 12.5. The molecule has 48 heavy (non-hydrogen) atoms. The molecule has 0 N–H and O–H groups in total. The lowest BCUT2D eigenvalue weighted by molar-refractivity contribution is 1.07. The van der Waals surface area contributed by atoms with Gasteiger partial charge < -0.3 is 4.90 Å². The van der Waals surface area contributed by atoms with Gasteiger partial charge in [-0.1, -0.05) is 72.8 Å². The first-order valence-electron chi connectivity index (χ1n) is 16.2. The van der Waals surface area contributed by atoms with Crippen LogP contribution in [0.15, 0.2) is 152 Å². The molecule has 0 atom stereocenters. The fourth-order valence-electron chi connectivity index (χ4n) is 8.25. The molecule has 11 rings (SSSR count). The van der Waals surface area contributed by atoms with E-state index in [-0.39, 0.29) is 6.71 Å². The topological polar surface area (TPSA) is 51.8 Å². The van der Waals surface area contributed by atoms with Crippen LogP contribution in [0.5, 0.6) is 0 Å². The lowest BCUT2D eigenvalue weighted by Crippen LogP contribution is -2.60. The summed E-state index contributed by atoms with van der Waals surface area (Å²) in [6, 6.07) is 47.7. The molecular weight excluding hydrogens is 587 g/mol. The van der Waals surface area contributed by atoms with E-state index in [2.05, 4.69) is 135 Å². The number of aromatic nitrogens is 5. The highest BCUT2D eigenvalue weighted by Crippen LogP contribution is 2.45. The quantitative estimate of drug-likeness (QED) is 0.198. The first kappa shape index (κ1) is 25.7. The Morgan fingerprint density at radius 2 is 1.23 bits per heavy atom. The highest BCUT2D eigenvalue weighted by molar-refractivity contribution is 7.00. The van der Waals surface area contributed by atoms with Crippen molar-refractivity contribution < 1.29 is 0 Å². The Balaban J connectivity index is 1.38. The molecule has 0 saturated carbocycles. The number of para-hydroxylation sites is 4. The third kappa shape index (κ3) is 3.29. The van der Waals surface area contributed by atoms with E-state index >= 15 is 0 Å². The standard InChI is InChI=1S/C41H25BN6/c1-3-12-27(13-4-1)46-32-19-8-7-17-30(32)42-31-18-9-16-29-36-38-33(20-10-21-43-38)47(28-14-5-2-6-15-28)41(36)48(39(29)31)35-25-26(24-34(46)37(35)42)40-44-22-11-23-45-40/h1-25H. The minimum absolute atomic E-state index is 0.0384.